The van der Waals surface area contributed by atoms with Crippen LogP contribution in [0.2, 0.25) is 0 Å². The summed E-state index contributed by atoms with van der Waals surface area (Å²) in [4.78, 5) is 73.9. The Labute approximate surface area is 353 Å². The van der Waals surface area contributed by atoms with Gasteiger partial charge in [0, 0.05) is 18.6 Å². The number of nitrogen functional groups attached to an aromatic ring is 2. The van der Waals surface area contributed by atoms with Crippen LogP contribution in [0.3, 0.4) is 0 Å². The van der Waals surface area contributed by atoms with Gasteiger partial charge in [0.05, 0.1) is 50.2 Å². The molecule has 0 spiro atoms. The molecule has 28 heteroatoms. The number of nitrogens with zero attached hydrogens (tertiary/aromatic N) is 8. The first-order chi connectivity index (χ1) is 26.5. The number of imidazole rings is 2. The van der Waals surface area contributed by atoms with Crippen molar-refractivity contribution in [2.24, 2.45) is 5.73 Å². The zero-order valence-corrected chi connectivity index (χ0v) is 37.1. The van der Waals surface area contributed by atoms with Crippen LogP contribution in [-0.4, -0.2) is 116 Å². The van der Waals surface area contributed by atoms with Gasteiger partial charge < -0.3 is 60.0 Å². The van der Waals surface area contributed by atoms with E-state index in [1.807, 2.05) is 0 Å². The van der Waals surface area contributed by atoms with Crippen LogP contribution in [0, 0.1) is 0 Å². The van der Waals surface area contributed by atoms with Gasteiger partial charge in [-0.1, -0.05) is 0 Å². The summed E-state index contributed by atoms with van der Waals surface area (Å²) in [5.74, 6) is -0.384. The predicted octanol–water partition coefficient (Wildman–Crippen LogP) is 1.69. The molecular formula is C30H54ClFN12O11P2V. The normalized spacial score (nSPS) is 14.3. The van der Waals surface area contributed by atoms with E-state index in [1.54, 1.807) is 63.9 Å². The summed E-state index contributed by atoms with van der Waals surface area (Å²) in [6.45, 7) is 14.2. The number of hydrogen-bond acceptors (Lipinski definition) is 17. The van der Waals surface area contributed by atoms with E-state index in [2.05, 4.69) is 36.4 Å². The quantitative estimate of drug-likeness (QED) is 0.0621. The second kappa shape index (κ2) is 26.0. The summed E-state index contributed by atoms with van der Waals surface area (Å²) >= 11 is 0. The van der Waals surface area contributed by atoms with Gasteiger partial charge in [-0.05, 0) is 55.4 Å². The molecule has 0 fully saturated rings. The minimum absolute atomic E-state index is 0. The molecule has 4 heterocycles. The fraction of sp³-hybridized carbons (Fsp3) is 0.600. The van der Waals surface area contributed by atoms with Crippen LogP contribution >= 0.6 is 27.5 Å². The molecule has 58 heavy (non-hydrogen) atoms. The van der Waals surface area contributed by atoms with Crippen molar-refractivity contribution in [2.45, 2.75) is 105 Å². The Kier molecular flexibility index (Phi) is 24.5. The van der Waals surface area contributed by atoms with Gasteiger partial charge in [0.15, 0.2) is 22.9 Å². The van der Waals surface area contributed by atoms with E-state index >= 15 is 0 Å². The van der Waals surface area contributed by atoms with Gasteiger partial charge >= 0.3 is 19.5 Å². The first-order valence-corrected chi connectivity index (χ1v) is 20.5. The second-order valence-electron chi connectivity index (χ2n) is 12.8. The molecular weight excluding hydrogens is 872 g/mol. The molecule has 10 N–H and O–H groups in total. The molecule has 0 aromatic carbocycles. The molecule has 329 valence electrons. The number of carbonyl (C=O) groups is 2. The molecule has 4 aromatic heterocycles. The molecule has 0 aliphatic rings. The van der Waals surface area contributed by atoms with Crippen LogP contribution in [-0.2, 0) is 69.3 Å². The van der Waals surface area contributed by atoms with Gasteiger partial charge in [0.2, 0.25) is 0 Å². The number of halogens is 2. The van der Waals surface area contributed by atoms with Crippen molar-refractivity contribution >= 4 is 73.4 Å². The van der Waals surface area contributed by atoms with Crippen molar-refractivity contribution in [3.63, 3.8) is 0 Å². The van der Waals surface area contributed by atoms with Gasteiger partial charge in [0.1, 0.15) is 48.5 Å². The molecule has 0 aliphatic heterocycles. The molecule has 0 saturated carbocycles. The van der Waals surface area contributed by atoms with Crippen LogP contribution in [0.5, 0.6) is 0 Å². The zero-order chi connectivity index (χ0) is 43.7. The number of fused-ring (bicyclic) bond motifs is 2. The number of aromatic nitrogens is 8. The van der Waals surface area contributed by atoms with Crippen molar-refractivity contribution in [3.05, 3.63) is 25.3 Å². The van der Waals surface area contributed by atoms with Crippen LogP contribution in [0.25, 0.3) is 22.3 Å². The largest absolute Gasteiger partial charge is 0.462 e. The predicted molar refractivity (Wildman–Crippen MR) is 211 cm³/mol. The minimum atomic E-state index is -4.16. The first-order valence-electron chi connectivity index (χ1n) is 17.2. The molecule has 4 rings (SSSR count). The third-order valence-electron chi connectivity index (χ3n) is 6.65. The Morgan fingerprint density at radius 1 is 0.759 bits per heavy atom. The Morgan fingerprint density at radius 2 is 1.16 bits per heavy atom. The molecule has 1 unspecified atom stereocenters. The summed E-state index contributed by atoms with van der Waals surface area (Å²) < 4.78 is 59.6. The smallest absolute Gasteiger partial charge is 0.350 e. The van der Waals surface area contributed by atoms with E-state index in [1.165, 1.54) is 25.9 Å². The van der Waals surface area contributed by atoms with Gasteiger partial charge in [-0.15, -0.1) is 12.4 Å². The Morgan fingerprint density at radius 3 is 1.52 bits per heavy atom. The van der Waals surface area contributed by atoms with E-state index in [4.69, 9.17) is 50.7 Å². The average molecular weight is 928 g/mol. The summed E-state index contributed by atoms with van der Waals surface area (Å²) in [6.07, 6.45) is 3.49. The topological polar surface area (TPSA) is 343 Å². The fourth-order valence-corrected chi connectivity index (χ4v) is 5.93. The van der Waals surface area contributed by atoms with E-state index in [-0.39, 0.29) is 60.8 Å². The number of nitrogens with one attached hydrogen (secondary N) is 1. The Balaban J connectivity index is 0. The SMILES string of the molecule is CC(C)OC(=O)[C@H](C)N.CC(C)OC(=O)[C@H](C)NP(=O)(O)CO[C@H](C)Cn1cnc2c(N)ncnc21.C[C@H](Cn1cnc2c(N)ncnc21)OCP(=O)(O)O.Cl.[3H]F.[V]. The standard InChI is InChI=1S/C15H25N6O5P.C9H14N5O4P.C6H13NO2.ClH.FH.V/c1-9(2)26-15(22)11(4)20-27(23,24)8-25-10(3)5-21-7-19-12-13(16)17-6-18-14(12)21;1-6(18-5-19(15,16)17)2-14-4-13-7-8(10)11-3-12-9(7)14;1-4(2)9-6(8)5(3)7;;;/h6-7,9-11H,5,8H2,1-4H3,(H2,16,17,18)(H2,20,23,24);3-4,6H,2,5H2,1H3,(H2,10,11,12)(H2,15,16,17);4-5H,7H2,1-3H3;2*1H;/t10-,11+;6-;5-;;;/m110.../s1/i/hT. The number of hydrogen-bond donors (Lipinski definition) is 7. The van der Waals surface area contributed by atoms with E-state index < -0.39 is 58.1 Å². The molecule has 4 aromatic rings. The first kappa shape index (κ1) is 54.6. The third-order valence-corrected chi connectivity index (χ3v) is 8.43. The maximum absolute atomic E-state index is 12.2. The Bertz CT molecular complexity index is 1960. The van der Waals surface area contributed by atoms with Crippen LogP contribution in [0.4, 0.5) is 16.4 Å². The molecule has 1 radical (unpaired) electrons. The summed E-state index contributed by atoms with van der Waals surface area (Å²) in [5.41, 5.74) is 18.7. The Hall–Kier alpha value is -3.38. The van der Waals surface area contributed by atoms with Gasteiger partial charge in [-0.3, -0.25) is 23.4 Å². The van der Waals surface area contributed by atoms with Crippen LogP contribution in [0.15, 0.2) is 25.3 Å². The summed E-state index contributed by atoms with van der Waals surface area (Å²) in [7, 11) is -8.05. The molecule has 0 amide bonds. The molecule has 23 nitrogen and oxygen atoms in total. The van der Waals surface area contributed by atoms with Crippen molar-refractivity contribution in [1.82, 2.24) is 44.1 Å². The number of esters is 2. The van der Waals surface area contributed by atoms with Gasteiger partial charge in [-0.2, -0.15) is 0 Å². The number of nitrogens with two attached hydrogens (primary N) is 3. The molecule has 0 bridgehead atoms. The fourth-order valence-electron chi connectivity index (χ4n) is 4.24. The monoisotopic (exact) mass is 927 g/mol. The second-order valence-corrected chi connectivity index (χ2v) is 16.4. The van der Waals surface area contributed by atoms with E-state index in [0.717, 1.165) is 0 Å². The van der Waals surface area contributed by atoms with Gasteiger partial charge in [-0.25, -0.2) is 35.0 Å². The van der Waals surface area contributed by atoms with Crippen molar-refractivity contribution in [3.8, 4) is 0 Å². The summed E-state index contributed by atoms with van der Waals surface area (Å²) in [5, 5.41) is 2.37. The zero-order valence-electron chi connectivity index (χ0n) is 34.1. The maximum atomic E-state index is 12.2. The molecule has 5 atom stereocenters. The van der Waals surface area contributed by atoms with E-state index in [9.17, 15) is 23.6 Å². The van der Waals surface area contributed by atoms with Crippen molar-refractivity contribution in [1.29, 1.82) is 1.45 Å². The van der Waals surface area contributed by atoms with E-state index in [0.29, 0.717) is 35.4 Å². The van der Waals surface area contributed by atoms with Gasteiger partial charge in [0.25, 0.3) is 8.97 Å². The molecule has 0 aliphatic carbocycles. The maximum Gasteiger partial charge on any atom is 0.350 e. The summed E-state index contributed by atoms with van der Waals surface area (Å²) in [6, 6.07) is -1.44. The number of ether oxygens (including phenoxy) is 4. The van der Waals surface area contributed by atoms with Crippen molar-refractivity contribution in [2.75, 3.05) is 24.2 Å². The number of anilines is 2. The van der Waals surface area contributed by atoms with Crippen LogP contribution in [0.1, 0.15) is 55.4 Å². The number of rotatable bonds is 16. The van der Waals surface area contributed by atoms with Crippen LogP contribution < -0.4 is 22.3 Å². The average Bonchev–Trinajstić information content (AvgIpc) is 3.72. The number of carbonyl (C=O) groups excluding carboxylic acids is 2. The minimum Gasteiger partial charge on any atom is -0.462 e. The molecule has 0 saturated heterocycles. The van der Waals surface area contributed by atoms with Crippen molar-refractivity contribution < 1.29 is 75.6 Å². The third kappa shape index (κ3) is 20.1.